The summed E-state index contributed by atoms with van der Waals surface area (Å²) in [5.74, 6) is -0.0212. The fourth-order valence-electron chi connectivity index (χ4n) is 3.15. The summed E-state index contributed by atoms with van der Waals surface area (Å²) >= 11 is 0. The number of nitrogens with one attached hydrogen (secondary N) is 1. The summed E-state index contributed by atoms with van der Waals surface area (Å²) in [5.41, 5.74) is 4.07. The van der Waals surface area contributed by atoms with Gasteiger partial charge in [-0.3, -0.25) is 9.48 Å². The van der Waals surface area contributed by atoms with Gasteiger partial charge in [0.15, 0.2) is 5.82 Å². The third-order valence-corrected chi connectivity index (χ3v) is 5.16. The Kier molecular flexibility index (Phi) is 5.66. The lowest BCUT2D eigenvalue weighted by Crippen LogP contribution is -2.30. The molecule has 0 radical (unpaired) electrons. The van der Waals surface area contributed by atoms with E-state index in [2.05, 4.69) is 17.3 Å². The molecule has 0 spiro atoms. The van der Waals surface area contributed by atoms with Gasteiger partial charge >= 0.3 is 0 Å². The van der Waals surface area contributed by atoms with Crippen LogP contribution in [0, 0.1) is 5.92 Å². The first-order chi connectivity index (χ1) is 13.2. The van der Waals surface area contributed by atoms with Crippen molar-refractivity contribution in [1.82, 2.24) is 9.78 Å². The summed E-state index contributed by atoms with van der Waals surface area (Å²) < 4.78 is 33.1. The zero-order chi connectivity index (χ0) is 20.5. The molecule has 2 aromatic rings. The second-order valence-electron chi connectivity index (χ2n) is 7.29. The van der Waals surface area contributed by atoms with Crippen LogP contribution in [0.25, 0.3) is 0 Å². The molecule has 1 aliphatic rings. The quantitative estimate of drug-likeness (QED) is 0.699. The monoisotopic (exact) mass is 394 g/mol. The molecule has 28 heavy (non-hydrogen) atoms. The van der Waals surface area contributed by atoms with Crippen molar-refractivity contribution in [2.75, 3.05) is 18.5 Å². The summed E-state index contributed by atoms with van der Waals surface area (Å²) in [7, 11) is 0. The van der Waals surface area contributed by atoms with Gasteiger partial charge < -0.3 is 20.9 Å². The standard InChI is InChI=1S/C19H24F2N4O3/c1-11-7-8-28-10-15(11)25-9-14(16(22)26)17(24-25)23-13-5-3-12(4-6-13)19(2,27)18(20)21/h3-6,9,11,15,18,27H,7-8,10H2,1-2H3,(H2,22,26)(H,23,24)/t11-,15-,19-/m0/s1. The van der Waals surface area contributed by atoms with E-state index in [-0.39, 0.29) is 23.0 Å². The molecule has 3 atom stereocenters. The molecule has 9 heteroatoms. The number of aliphatic hydroxyl groups is 1. The Bertz CT molecular complexity index is 836. The molecule has 152 valence electrons. The van der Waals surface area contributed by atoms with E-state index in [4.69, 9.17) is 10.5 Å². The van der Waals surface area contributed by atoms with Crippen LogP contribution in [0.3, 0.4) is 0 Å². The average molecular weight is 394 g/mol. The van der Waals surface area contributed by atoms with Gasteiger partial charge in [-0.05, 0) is 37.0 Å². The smallest absolute Gasteiger partial charge is 0.270 e. The van der Waals surface area contributed by atoms with Crippen molar-refractivity contribution in [3.63, 3.8) is 0 Å². The summed E-state index contributed by atoms with van der Waals surface area (Å²) in [5, 5.41) is 17.3. The van der Waals surface area contributed by atoms with Crippen molar-refractivity contribution in [3.8, 4) is 0 Å². The molecule has 3 rings (SSSR count). The van der Waals surface area contributed by atoms with Crippen molar-refractivity contribution in [3.05, 3.63) is 41.6 Å². The van der Waals surface area contributed by atoms with E-state index in [1.165, 1.54) is 24.3 Å². The number of anilines is 2. The number of hydrogen-bond donors (Lipinski definition) is 3. The lowest BCUT2D eigenvalue weighted by Gasteiger charge is -2.28. The first kappa shape index (κ1) is 20.2. The van der Waals surface area contributed by atoms with Gasteiger partial charge in [0, 0.05) is 18.5 Å². The predicted molar refractivity (Wildman–Crippen MR) is 99.7 cm³/mol. The lowest BCUT2D eigenvalue weighted by molar-refractivity contribution is -0.0883. The van der Waals surface area contributed by atoms with Crippen LogP contribution < -0.4 is 11.1 Å². The molecular formula is C19H24F2N4O3. The number of carbonyl (C=O) groups is 1. The number of nitrogens with two attached hydrogens (primary N) is 1. The van der Waals surface area contributed by atoms with E-state index in [1.54, 1.807) is 10.9 Å². The number of hydrogen-bond acceptors (Lipinski definition) is 5. The lowest BCUT2D eigenvalue weighted by atomic mass is 9.96. The highest BCUT2D eigenvalue weighted by molar-refractivity contribution is 5.98. The number of alkyl halides is 2. The van der Waals surface area contributed by atoms with Gasteiger partial charge in [-0.1, -0.05) is 19.1 Å². The van der Waals surface area contributed by atoms with Crippen molar-refractivity contribution in [2.45, 2.75) is 38.3 Å². The van der Waals surface area contributed by atoms with Crippen LogP contribution >= 0.6 is 0 Å². The van der Waals surface area contributed by atoms with Gasteiger partial charge in [0.1, 0.15) is 11.2 Å². The third-order valence-electron chi connectivity index (χ3n) is 5.16. The summed E-state index contributed by atoms with van der Waals surface area (Å²) in [6.45, 7) is 4.35. The van der Waals surface area contributed by atoms with Crippen LogP contribution in [-0.4, -0.2) is 40.4 Å². The van der Waals surface area contributed by atoms with Crippen LogP contribution in [0.15, 0.2) is 30.5 Å². The molecule has 0 saturated carbocycles. The maximum atomic E-state index is 13.0. The van der Waals surface area contributed by atoms with Gasteiger partial charge in [0.2, 0.25) is 0 Å². The molecule has 1 fully saturated rings. The van der Waals surface area contributed by atoms with Gasteiger partial charge in [-0.2, -0.15) is 5.10 Å². The maximum Gasteiger partial charge on any atom is 0.270 e. The van der Waals surface area contributed by atoms with E-state index in [1.807, 2.05) is 0 Å². The Labute approximate surface area is 161 Å². The van der Waals surface area contributed by atoms with Crippen molar-refractivity contribution in [1.29, 1.82) is 0 Å². The van der Waals surface area contributed by atoms with Crippen molar-refractivity contribution >= 4 is 17.4 Å². The van der Waals surface area contributed by atoms with E-state index in [9.17, 15) is 18.7 Å². The zero-order valence-electron chi connectivity index (χ0n) is 15.7. The van der Waals surface area contributed by atoms with Crippen LogP contribution in [0.1, 0.15) is 42.2 Å². The number of primary amides is 1. The molecular weight excluding hydrogens is 370 g/mol. The Hall–Kier alpha value is -2.52. The molecule has 4 N–H and O–H groups in total. The van der Waals surface area contributed by atoms with Gasteiger partial charge in [0.25, 0.3) is 12.3 Å². The number of carbonyl (C=O) groups excluding carboxylic acids is 1. The molecule has 2 heterocycles. The number of nitrogens with zero attached hydrogens (tertiary/aromatic N) is 2. The molecule has 1 aromatic carbocycles. The molecule has 1 saturated heterocycles. The highest BCUT2D eigenvalue weighted by atomic mass is 19.3. The highest BCUT2D eigenvalue weighted by Gasteiger charge is 2.34. The Morgan fingerprint density at radius 2 is 2.11 bits per heavy atom. The van der Waals surface area contributed by atoms with E-state index in [0.717, 1.165) is 13.3 Å². The maximum absolute atomic E-state index is 13.0. The van der Waals surface area contributed by atoms with E-state index >= 15 is 0 Å². The first-order valence-corrected chi connectivity index (χ1v) is 9.05. The predicted octanol–water partition coefficient (Wildman–Crippen LogP) is 2.80. The minimum atomic E-state index is -2.91. The number of amides is 1. The van der Waals surface area contributed by atoms with Gasteiger partial charge in [0.05, 0.1) is 12.6 Å². The van der Waals surface area contributed by atoms with Crippen molar-refractivity contribution < 1.29 is 23.4 Å². The fourth-order valence-corrected chi connectivity index (χ4v) is 3.15. The Morgan fingerprint density at radius 3 is 2.68 bits per heavy atom. The van der Waals surface area contributed by atoms with E-state index < -0.39 is 17.9 Å². The minimum absolute atomic E-state index is 0.00841. The normalized spacial score (nSPS) is 22.1. The molecule has 1 amide bonds. The minimum Gasteiger partial charge on any atom is -0.379 e. The Balaban J connectivity index is 1.84. The SMILES string of the molecule is C[C@H]1CCOC[C@@H]1n1cc(C(N)=O)c(Nc2ccc([C@](C)(O)C(F)F)cc2)n1. The number of rotatable bonds is 6. The molecule has 1 aromatic heterocycles. The second kappa shape index (κ2) is 7.84. The molecule has 1 aliphatic heterocycles. The molecule has 0 bridgehead atoms. The summed E-state index contributed by atoms with van der Waals surface area (Å²) in [6, 6.07) is 5.84. The number of aromatic nitrogens is 2. The third kappa shape index (κ3) is 4.00. The van der Waals surface area contributed by atoms with Gasteiger partial charge in [-0.15, -0.1) is 0 Å². The average Bonchev–Trinajstić information content (AvgIpc) is 3.06. The van der Waals surface area contributed by atoms with Crippen LogP contribution in [0.2, 0.25) is 0 Å². The molecule has 0 unspecified atom stereocenters. The van der Waals surface area contributed by atoms with Crippen LogP contribution in [-0.2, 0) is 10.3 Å². The summed E-state index contributed by atoms with van der Waals surface area (Å²) in [4.78, 5) is 11.8. The zero-order valence-corrected chi connectivity index (χ0v) is 15.7. The topological polar surface area (TPSA) is 102 Å². The molecule has 7 nitrogen and oxygen atoms in total. The molecule has 0 aliphatic carbocycles. The first-order valence-electron chi connectivity index (χ1n) is 9.05. The number of halogens is 2. The summed E-state index contributed by atoms with van der Waals surface area (Å²) in [6.07, 6.45) is -0.426. The fraction of sp³-hybridized carbons (Fsp3) is 0.474. The Morgan fingerprint density at radius 1 is 1.43 bits per heavy atom. The van der Waals surface area contributed by atoms with E-state index in [0.29, 0.717) is 24.8 Å². The number of ether oxygens (including phenoxy) is 1. The second-order valence-corrected chi connectivity index (χ2v) is 7.29. The van der Waals surface area contributed by atoms with Crippen LogP contribution in [0.4, 0.5) is 20.3 Å². The van der Waals surface area contributed by atoms with Gasteiger partial charge in [-0.25, -0.2) is 8.78 Å². The van der Waals surface area contributed by atoms with Crippen LogP contribution in [0.5, 0.6) is 0 Å². The number of benzene rings is 1. The highest BCUT2D eigenvalue weighted by Crippen LogP contribution is 2.31. The van der Waals surface area contributed by atoms with Crippen molar-refractivity contribution in [2.24, 2.45) is 11.7 Å². The largest absolute Gasteiger partial charge is 0.379 e.